The summed E-state index contributed by atoms with van der Waals surface area (Å²) in [4.78, 5) is 0. The Kier molecular flexibility index (Phi) is 2.58. The van der Waals surface area contributed by atoms with Crippen LogP contribution in [-0.4, -0.2) is 35.5 Å². The first-order valence-electron chi connectivity index (χ1n) is 5.58. The summed E-state index contributed by atoms with van der Waals surface area (Å²) in [5, 5.41) is 9.44. The normalized spacial score (nSPS) is 48.2. The molecule has 0 amide bonds. The van der Waals surface area contributed by atoms with Gasteiger partial charge in [0, 0.05) is 5.92 Å². The molecular formula is C11H20O4. The largest absolute Gasteiger partial charge is 0.393 e. The van der Waals surface area contributed by atoms with Crippen molar-refractivity contribution in [2.75, 3.05) is 6.61 Å². The van der Waals surface area contributed by atoms with Gasteiger partial charge in [0.15, 0.2) is 12.1 Å². The SMILES string of the molecule is CC[C@]1(CO)O[C@@H]2OC(C)(C)O[C@@H]2[C@@H]1C. The minimum Gasteiger partial charge on any atom is -0.393 e. The van der Waals surface area contributed by atoms with Gasteiger partial charge in [-0.25, -0.2) is 0 Å². The van der Waals surface area contributed by atoms with E-state index >= 15 is 0 Å². The highest BCUT2D eigenvalue weighted by Gasteiger charge is 2.58. The van der Waals surface area contributed by atoms with Gasteiger partial charge < -0.3 is 19.3 Å². The summed E-state index contributed by atoms with van der Waals surface area (Å²) < 4.78 is 17.3. The predicted octanol–water partition coefficient (Wildman–Crippen LogP) is 1.27. The summed E-state index contributed by atoms with van der Waals surface area (Å²) in [5.41, 5.74) is -0.494. The van der Waals surface area contributed by atoms with Gasteiger partial charge in [-0.05, 0) is 20.3 Å². The van der Waals surface area contributed by atoms with Crippen LogP contribution in [0.15, 0.2) is 0 Å². The second kappa shape index (κ2) is 3.42. The van der Waals surface area contributed by atoms with Crippen LogP contribution in [-0.2, 0) is 14.2 Å². The molecule has 2 fully saturated rings. The van der Waals surface area contributed by atoms with Crippen LogP contribution in [0.4, 0.5) is 0 Å². The molecule has 0 aliphatic carbocycles. The molecule has 15 heavy (non-hydrogen) atoms. The molecule has 2 rings (SSSR count). The predicted molar refractivity (Wildman–Crippen MR) is 54.2 cm³/mol. The fourth-order valence-corrected chi connectivity index (χ4v) is 2.52. The quantitative estimate of drug-likeness (QED) is 0.755. The molecule has 4 heteroatoms. The lowest BCUT2D eigenvalue weighted by Crippen LogP contribution is -2.42. The Bertz CT molecular complexity index is 247. The van der Waals surface area contributed by atoms with Gasteiger partial charge in [-0.15, -0.1) is 0 Å². The Morgan fingerprint density at radius 1 is 1.20 bits per heavy atom. The van der Waals surface area contributed by atoms with Gasteiger partial charge in [0.05, 0.1) is 12.2 Å². The van der Waals surface area contributed by atoms with E-state index in [4.69, 9.17) is 14.2 Å². The van der Waals surface area contributed by atoms with E-state index in [1.54, 1.807) is 0 Å². The second-order valence-corrected chi connectivity index (χ2v) is 4.95. The van der Waals surface area contributed by atoms with Gasteiger partial charge in [-0.3, -0.25) is 0 Å². The Morgan fingerprint density at radius 3 is 2.33 bits per heavy atom. The van der Waals surface area contributed by atoms with Crippen molar-refractivity contribution in [3.05, 3.63) is 0 Å². The Labute approximate surface area is 90.5 Å². The summed E-state index contributed by atoms with van der Waals surface area (Å²) in [5.74, 6) is -0.418. The van der Waals surface area contributed by atoms with Gasteiger partial charge in [0.2, 0.25) is 0 Å². The highest BCUT2D eigenvalue weighted by atomic mass is 16.8. The molecule has 0 spiro atoms. The van der Waals surface area contributed by atoms with Crippen molar-refractivity contribution >= 4 is 0 Å². The summed E-state index contributed by atoms with van der Waals surface area (Å²) in [6.45, 7) is 7.85. The standard InChI is InChI=1S/C11H20O4/c1-5-11(6-12)7(2)8-9(15-11)14-10(3,4)13-8/h7-9,12H,5-6H2,1-4H3/t7-,8+,9-,11+/m0/s1. The van der Waals surface area contributed by atoms with Crippen molar-refractivity contribution in [2.45, 2.75) is 57.9 Å². The zero-order valence-corrected chi connectivity index (χ0v) is 9.82. The van der Waals surface area contributed by atoms with Crippen LogP contribution in [0, 0.1) is 5.92 Å². The van der Waals surface area contributed by atoms with Gasteiger partial charge in [0.1, 0.15) is 6.10 Å². The van der Waals surface area contributed by atoms with E-state index in [0.717, 1.165) is 6.42 Å². The number of rotatable bonds is 2. The van der Waals surface area contributed by atoms with E-state index in [-0.39, 0.29) is 24.9 Å². The summed E-state index contributed by atoms with van der Waals surface area (Å²) in [6, 6.07) is 0. The van der Waals surface area contributed by atoms with Crippen LogP contribution in [0.1, 0.15) is 34.1 Å². The van der Waals surface area contributed by atoms with Crippen LogP contribution in [0.2, 0.25) is 0 Å². The number of aliphatic hydroxyl groups excluding tert-OH is 1. The monoisotopic (exact) mass is 216 g/mol. The van der Waals surface area contributed by atoms with Crippen LogP contribution in [0.3, 0.4) is 0 Å². The first-order valence-corrected chi connectivity index (χ1v) is 5.58. The molecule has 0 bridgehead atoms. The van der Waals surface area contributed by atoms with Crippen molar-refractivity contribution < 1.29 is 19.3 Å². The third kappa shape index (κ3) is 1.60. The van der Waals surface area contributed by atoms with Gasteiger partial charge >= 0.3 is 0 Å². The van der Waals surface area contributed by atoms with Gasteiger partial charge in [-0.2, -0.15) is 0 Å². The van der Waals surface area contributed by atoms with Crippen LogP contribution < -0.4 is 0 Å². The van der Waals surface area contributed by atoms with E-state index in [2.05, 4.69) is 6.92 Å². The molecule has 0 radical (unpaired) electrons. The first-order chi connectivity index (χ1) is 6.94. The minimum absolute atomic E-state index is 0.0187. The molecule has 0 aromatic carbocycles. The van der Waals surface area contributed by atoms with E-state index in [1.165, 1.54) is 0 Å². The van der Waals surface area contributed by atoms with E-state index in [1.807, 2.05) is 20.8 Å². The molecule has 4 atom stereocenters. The van der Waals surface area contributed by atoms with Gasteiger partial charge in [-0.1, -0.05) is 13.8 Å². The topological polar surface area (TPSA) is 47.9 Å². The van der Waals surface area contributed by atoms with Crippen molar-refractivity contribution in [3.8, 4) is 0 Å². The summed E-state index contributed by atoms with van der Waals surface area (Å²) >= 11 is 0. The lowest BCUT2D eigenvalue weighted by Gasteiger charge is -2.32. The maximum Gasteiger partial charge on any atom is 0.188 e. The zero-order chi connectivity index (χ0) is 11.3. The summed E-state index contributed by atoms with van der Waals surface area (Å²) in [7, 11) is 0. The average molecular weight is 216 g/mol. The fraction of sp³-hybridized carbons (Fsp3) is 1.00. The van der Waals surface area contributed by atoms with E-state index < -0.39 is 11.4 Å². The molecular weight excluding hydrogens is 196 g/mol. The average Bonchev–Trinajstić information content (AvgIpc) is 2.59. The zero-order valence-electron chi connectivity index (χ0n) is 9.82. The number of hydrogen-bond donors (Lipinski definition) is 1. The number of fused-ring (bicyclic) bond motifs is 1. The molecule has 2 aliphatic heterocycles. The van der Waals surface area contributed by atoms with Crippen molar-refractivity contribution in [1.82, 2.24) is 0 Å². The highest BCUT2D eigenvalue weighted by Crippen LogP contribution is 2.46. The Balaban J connectivity index is 2.17. The molecule has 2 saturated heterocycles. The van der Waals surface area contributed by atoms with Crippen molar-refractivity contribution in [2.24, 2.45) is 5.92 Å². The Morgan fingerprint density at radius 2 is 1.87 bits per heavy atom. The molecule has 88 valence electrons. The van der Waals surface area contributed by atoms with Crippen LogP contribution in [0.5, 0.6) is 0 Å². The van der Waals surface area contributed by atoms with Crippen LogP contribution >= 0.6 is 0 Å². The van der Waals surface area contributed by atoms with Gasteiger partial charge in [0.25, 0.3) is 0 Å². The number of aliphatic hydroxyl groups is 1. The molecule has 4 nitrogen and oxygen atoms in total. The molecule has 0 aromatic heterocycles. The van der Waals surface area contributed by atoms with Crippen molar-refractivity contribution in [1.29, 1.82) is 0 Å². The maximum absolute atomic E-state index is 9.44. The van der Waals surface area contributed by atoms with E-state index in [9.17, 15) is 5.11 Å². The summed E-state index contributed by atoms with van der Waals surface area (Å²) in [6.07, 6.45) is 0.374. The molecule has 2 heterocycles. The smallest absolute Gasteiger partial charge is 0.188 e. The highest BCUT2D eigenvalue weighted by molar-refractivity contribution is 4.99. The molecule has 0 unspecified atom stereocenters. The fourth-order valence-electron chi connectivity index (χ4n) is 2.52. The van der Waals surface area contributed by atoms with Crippen molar-refractivity contribution in [3.63, 3.8) is 0 Å². The lowest BCUT2D eigenvalue weighted by molar-refractivity contribution is -0.238. The number of ether oxygens (including phenoxy) is 3. The molecule has 0 saturated carbocycles. The maximum atomic E-state index is 9.44. The minimum atomic E-state index is -0.570. The second-order valence-electron chi connectivity index (χ2n) is 4.95. The number of hydrogen-bond acceptors (Lipinski definition) is 4. The first kappa shape index (κ1) is 11.3. The molecule has 2 aliphatic rings. The third-order valence-corrected chi connectivity index (χ3v) is 3.63. The molecule has 1 N–H and O–H groups in total. The molecule has 0 aromatic rings. The Hall–Kier alpha value is -0.160. The van der Waals surface area contributed by atoms with Crippen LogP contribution in [0.25, 0.3) is 0 Å². The lowest BCUT2D eigenvalue weighted by atomic mass is 9.86. The van der Waals surface area contributed by atoms with E-state index in [0.29, 0.717) is 0 Å². The third-order valence-electron chi connectivity index (χ3n) is 3.63.